The Morgan fingerprint density at radius 2 is 1.12 bits per heavy atom. The standard InChI is InChI=1S/C13H10O3.Na.H/c14-11-7-3-1-5-9(11)13(16)10-6-2-4-8-12(10)15;;/h1-8,14-15H;;. The molecular formula is C13H11NaO3. The van der Waals surface area contributed by atoms with E-state index in [0.29, 0.717) is 0 Å². The van der Waals surface area contributed by atoms with Crippen molar-refractivity contribution >= 4 is 35.3 Å². The first kappa shape index (κ1) is 13.8. The quantitative estimate of drug-likeness (QED) is 0.618. The summed E-state index contributed by atoms with van der Waals surface area (Å²) in [5, 5.41) is 19.1. The molecule has 0 aliphatic rings. The predicted octanol–water partition coefficient (Wildman–Crippen LogP) is 1.68. The van der Waals surface area contributed by atoms with Crippen LogP contribution in [-0.2, 0) is 0 Å². The number of carbonyl (C=O) groups is 1. The number of hydrogen-bond donors (Lipinski definition) is 2. The van der Waals surface area contributed by atoms with E-state index in [4.69, 9.17) is 0 Å². The zero-order valence-electron chi connectivity index (χ0n) is 8.42. The van der Waals surface area contributed by atoms with Gasteiger partial charge < -0.3 is 10.2 Å². The van der Waals surface area contributed by atoms with Gasteiger partial charge in [0, 0.05) is 0 Å². The number of carbonyl (C=O) groups excluding carboxylic acids is 1. The molecule has 0 aliphatic heterocycles. The molecule has 0 heterocycles. The van der Waals surface area contributed by atoms with Crippen molar-refractivity contribution in [3.63, 3.8) is 0 Å². The van der Waals surface area contributed by atoms with Gasteiger partial charge in [-0.05, 0) is 24.3 Å². The minimum absolute atomic E-state index is 0. The van der Waals surface area contributed by atoms with E-state index in [-0.39, 0.29) is 52.2 Å². The minimum atomic E-state index is -0.392. The Labute approximate surface area is 121 Å². The van der Waals surface area contributed by atoms with Gasteiger partial charge in [-0.1, -0.05) is 24.3 Å². The van der Waals surface area contributed by atoms with Crippen molar-refractivity contribution in [2.45, 2.75) is 0 Å². The van der Waals surface area contributed by atoms with Crippen molar-refractivity contribution in [1.29, 1.82) is 0 Å². The van der Waals surface area contributed by atoms with Gasteiger partial charge in [0.1, 0.15) is 11.5 Å². The van der Waals surface area contributed by atoms with Crippen LogP contribution in [0.5, 0.6) is 11.5 Å². The van der Waals surface area contributed by atoms with Crippen LogP contribution in [0.2, 0.25) is 0 Å². The topological polar surface area (TPSA) is 57.5 Å². The molecule has 0 atom stereocenters. The van der Waals surface area contributed by atoms with Gasteiger partial charge >= 0.3 is 29.6 Å². The van der Waals surface area contributed by atoms with E-state index in [0.717, 1.165) is 0 Å². The molecule has 2 aromatic carbocycles. The van der Waals surface area contributed by atoms with Crippen LogP contribution < -0.4 is 0 Å². The Morgan fingerprint density at radius 3 is 1.47 bits per heavy atom. The summed E-state index contributed by atoms with van der Waals surface area (Å²) in [6, 6.07) is 12.5. The maximum absolute atomic E-state index is 12.0. The van der Waals surface area contributed by atoms with E-state index in [2.05, 4.69) is 0 Å². The third kappa shape index (κ3) is 2.88. The maximum atomic E-state index is 12.0. The first-order valence-electron chi connectivity index (χ1n) is 4.81. The molecule has 0 aromatic heterocycles. The van der Waals surface area contributed by atoms with Gasteiger partial charge in [-0.15, -0.1) is 0 Å². The van der Waals surface area contributed by atoms with Crippen LogP contribution in [0.3, 0.4) is 0 Å². The molecular weight excluding hydrogens is 227 g/mol. The Morgan fingerprint density at radius 1 is 0.765 bits per heavy atom. The number of phenols is 2. The van der Waals surface area contributed by atoms with E-state index in [1.807, 2.05) is 0 Å². The monoisotopic (exact) mass is 238 g/mol. The SMILES string of the molecule is O=C(c1ccccc1O)c1ccccc1O.[NaH]. The third-order valence-corrected chi connectivity index (χ3v) is 2.30. The number of phenolic OH excluding ortho intramolecular Hbond substituents is 2. The van der Waals surface area contributed by atoms with Gasteiger partial charge in [-0.3, -0.25) is 4.79 Å². The van der Waals surface area contributed by atoms with Gasteiger partial charge in [0.2, 0.25) is 0 Å². The van der Waals surface area contributed by atoms with Crippen molar-refractivity contribution in [3.8, 4) is 11.5 Å². The Bertz CT molecular complexity index is 490. The average molecular weight is 238 g/mol. The molecule has 0 fully saturated rings. The number of benzene rings is 2. The summed E-state index contributed by atoms with van der Waals surface area (Å²) in [6.45, 7) is 0. The molecule has 0 radical (unpaired) electrons. The first-order chi connectivity index (χ1) is 7.70. The molecule has 0 spiro atoms. The number of para-hydroxylation sites is 2. The molecule has 0 amide bonds. The summed E-state index contributed by atoms with van der Waals surface area (Å²) < 4.78 is 0. The van der Waals surface area contributed by atoms with E-state index >= 15 is 0 Å². The first-order valence-corrected chi connectivity index (χ1v) is 4.81. The van der Waals surface area contributed by atoms with E-state index in [1.54, 1.807) is 24.3 Å². The van der Waals surface area contributed by atoms with Crippen molar-refractivity contribution in [2.75, 3.05) is 0 Å². The zero-order valence-corrected chi connectivity index (χ0v) is 8.42. The summed E-state index contributed by atoms with van der Waals surface area (Å²) in [7, 11) is 0. The van der Waals surface area contributed by atoms with Gasteiger partial charge in [0.15, 0.2) is 5.78 Å². The van der Waals surface area contributed by atoms with Gasteiger partial charge in [-0.2, -0.15) is 0 Å². The van der Waals surface area contributed by atoms with Crippen LogP contribution in [0.4, 0.5) is 0 Å². The van der Waals surface area contributed by atoms with Crippen molar-refractivity contribution in [3.05, 3.63) is 59.7 Å². The molecule has 2 rings (SSSR count). The number of rotatable bonds is 2. The molecule has 17 heavy (non-hydrogen) atoms. The summed E-state index contributed by atoms with van der Waals surface area (Å²) in [6.07, 6.45) is 0. The van der Waals surface area contributed by atoms with E-state index in [9.17, 15) is 15.0 Å². The number of hydrogen-bond acceptors (Lipinski definition) is 3. The number of ketones is 1. The molecule has 82 valence electrons. The Hall–Kier alpha value is -1.29. The van der Waals surface area contributed by atoms with Gasteiger partial charge in [-0.25, -0.2) is 0 Å². The molecule has 3 nitrogen and oxygen atoms in total. The second-order valence-electron chi connectivity index (χ2n) is 3.36. The molecule has 2 N–H and O–H groups in total. The summed E-state index contributed by atoms with van der Waals surface area (Å²) in [4.78, 5) is 12.0. The van der Waals surface area contributed by atoms with Crippen LogP contribution in [0.25, 0.3) is 0 Å². The second kappa shape index (κ2) is 5.87. The summed E-state index contributed by atoms with van der Waals surface area (Å²) >= 11 is 0. The number of aromatic hydroxyl groups is 2. The second-order valence-corrected chi connectivity index (χ2v) is 3.36. The molecule has 0 saturated carbocycles. The van der Waals surface area contributed by atoms with Gasteiger partial charge in [0.25, 0.3) is 0 Å². The summed E-state index contributed by atoms with van der Waals surface area (Å²) in [5.74, 6) is -0.567. The van der Waals surface area contributed by atoms with Gasteiger partial charge in [0.05, 0.1) is 11.1 Å². The molecule has 4 heteroatoms. The third-order valence-electron chi connectivity index (χ3n) is 2.30. The van der Waals surface area contributed by atoms with E-state index in [1.165, 1.54) is 24.3 Å². The van der Waals surface area contributed by atoms with Crippen LogP contribution in [0.1, 0.15) is 15.9 Å². The molecule has 0 unspecified atom stereocenters. The van der Waals surface area contributed by atoms with Crippen LogP contribution in [-0.4, -0.2) is 45.6 Å². The molecule has 2 aromatic rings. The van der Waals surface area contributed by atoms with Crippen LogP contribution in [0.15, 0.2) is 48.5 Å². The normalized spacial score (nSPS) is 9.41. The van der Waals surface area contributed by atoms with E-state index < -0.39 is 5.78 Å². The zero-order chi connectivity index (χ0) is 11.5. The Balaban J connectivity index is 0.00000144. The summed E-state index contributed by atoms with van der Waals surface area (Å²) in [5.41, 5.74) is 0.369. The fourth-order valence-electron chi connectivity index (χ4n) is 1.48. The van der Waals surface area contributed by atoms with Crippen LogP contribution >= 0.6 is 0 Å². The van der Waals surface area contributed by atoms with Crippen molar-refractivity contribution in [1.82, 2.24) is 0 Å². The van der Waals surface area contributed by atoms with Crippen molar-refractivity contribution < 1.29 is 15.0 Å². The fraction of sp³-hybridized carbons (Fsp3) is 0. The van der Waals surface area contributed by atoms with Crippen molar-refractivity contribution in [2.24, 2.45) is 0 Å². The fourth-order valence-corrected chi connectivity index (χ4v) is 1.48. The van der Waals surface area contributed by atoms with Crippen LogP contribution in [0, 0.1) is 0 Å². The molecule has 0 bridgehead atoms. The molecule has 0 aliphatic carbocycles. The predicted molar refractivity (Wildman–Crippen MR) is 66.8 cm³/mol. The average Bonchev–Trinajstić information content (AvgIpc) is 2.29. The Kier molecular flexibility index (Phi) is 4.75. The molecule has 0 saturated heterocycles.